The Hall–Kier alpha value is -0.680. The number of rotatable bonds is 5. The van der Waals surface area contributed by atoms with Crippen LogP contribution < -0.4 is 5.73 Å². The van der Waals surface area contributed by atoms with Crippen LogP contribution in [0.3, 0.4) is 0 Å². The number of sulfone groups is 1. The number of nitrogens with two attached hydrogens (primary N) is 1. The molecule has 1 aromatic carbocycles. The summed E-state index contributed by atoms with van der Waals surface area (Å²) in [4.78, 5) is 1.13. The molecule has 2 N–H and O–H groups in total. The highest BCUT2D eigenvalue weighted by Gasteiger charge is 2.04. The predicted octanol–water partition coefficient (Wildman–Crippen LogP) is 2.10. The molecular weight excluding hydrogens is 242 g/mol. The van der Waals surface area contributed by atoms with E-state index in [1.54, 1.807) is 11.8 Å². The molecule has 0 atom stereocenters. The number of benzene rings is 1. The van der Waals surface area contributed by atoms with E-state index in [2.05, 4.69) is 0 Å². The molecule has 0 aliphatic carbocycles. The Kier molecular flexibility index (Phi) is 4.68. The molecule has 0 saturated carbocycles. The average Bonchev–Trinajstić information content (AvgIpc) is 2.17. The van der Waals surface area contributed by atoms with Gasteiger partial charge in [0.05, 0.1) is 5.75 Å². The van der Waals surface area contributed by atoms with Crippen LogP contribution >= 0.6 is 11.8 Å². The zero-order valence-corrected chi connectivity index (χ0v) is 11.2. The molecular formula is C11H17NO2S2. The number of hydrogen-bond donors (Lipinski definition) is 1. The van der Waals surface area contributed by atoms with Gasteiger partial charge in [0.2, 0.25) is 0 Å². The summed E-state index contributed by atoms with van der Waals surface area (Å²) in [6.07, 6.45) is 1.95. The van der Waals surface area contributed by atoms with Gasteiger partial charge >= 0.3 is 0 Å². The van der Waals surface area contributed by atoms with E-state index in [9.17, 15) is 8.42 Å². The van der Waals surface area contributed by atoms with Gasteiger partial charge in [-0.25, -0.2) is 8.42 Å². The molecule has 0 aliphatic heterocycles. The molecule has 0 saturated heterocycles. The van der Waals surface area contributed by atoms with Crippen LogP contribution in [0, 0.1) is 6.92 Å². The molecule has 5 heteroatoms. The lowest BCUT2D eigenvalue weighted by molar-refractivity contribution is 0.600. The van der Waals surface area contributed by atoms with Gasteiger partial charge in [0, 0.05) is 16.8 Å². The summed E-state index contributed by atoms with van der Waals surface area (Å²) < 4.78 is 21.9. The van der Waals surface area contributed by atoms with Gasteiger partial charge in [0.15, 0.2) is 0 Å². The summed E-state index contributed by atoms with van der Waals surface area (Å²) in [6, 6.07) is 5.80. The molecule has 16 heavy (non-hydrogen) atoms. The fourth-order valence-electron chi connectivity index (χ4n) is 1.29. The first-order valence-corrected chi connectivity index (χ1v) is 8.10. The number of nitrogen functional groups attached to an aromatic ring is 1. The van der Waals surface area contributed by atoms with Gasteiger partial charge in [0.25, 0.3) is 0 Å². The second-order valence-corrected chi connectivity index (χ2v) is 7.20. The van der Waals surface area contributed by atoms with E-state index in [-0.39, 0.29) is 5.75 Å². The Morgan fingerprint density at radius 3 is 2.69 bits per heavy atom. The maximum Gasteiger partial charge on any atom is 0.147 e. The van der Waals surface area contributed by atoms with Crippen LogP contribution in [0.1, 0.15) is 12.0 Å². The van der Waals surface area contributed by atoms with E-state index in [1.165, 1.54) is 6.26 Å². The van der Waals surface area contributed by atoms with Gasteiger partial charge in [-0.3, -0.25) is 0 Å². The number of hydrogen-bond acceptors (Lipinski definition) is 4. The molecule has 0 radical (unpaired) electrons. The first-order chi connectivity index (χ1) is 7.40. The molecule has 0 spiro atoms. The summed E-state index contributed by atoms with van der Waals surface area (Å²) in [7, 11) is -2.83. The minimum atomic E-state index is -2.83. The maximum absolute atomic E-state index is 10.9. The number of anilines is 1. The highest BCUT2D eigenvalue weighted by atomic mass is 32.2. The van der Waals surface area contributed by atoms with Crippen molar-refractivity contribution in [1.29, 1.82) is 0 Å². The standard InChI is InChI=1S/C11H17NO2S2/c1-9-10(12)5-3-6-11(9)15-7-4-8-16(2,13)14/h3,5-6H,4,7-8,12H2,1-2H3. The van der Waals surface area contributed by atoms with Crippen LogP contribution in [-0.4, -0.2) is 26.2 Å². The summed E-state index contributed by atoms with van der Waals surface area (Å²) >= 11 is 1.66. The van der Waals surface area contributed by atoms with Crippen molar-refractivity contribution in [2.24, 2.45) is 0 Å². The lowest BCUT2D eigenvalue weighted by Gasteiger charge is -2.07. The van der Waals surface area contributed by atoms with Crippen molar-refractivity contribution in [3.63, 3.8) is 0 Å². The van der Waals surface area contributed by atoms with Crippen molar-refractivity contribution in [1.82, 2.24) is 0 Å². The first kappa shape index (κ1) is 13.4. The molecule has 0 fully saturated rings. The predicted molar refractivity (Wildman–Crippen MR) is 70.6 cm³/mol. The highest BCUT2D eigenvalue weighted by molar-refractivity contribution is 7.99. The van der Waals surface area contributed by atoms with Gasteiger partial charge < -0.3 is 5.73 Å². The zero-order valence-electron chi connectivity index (χ0n) is 9.56. The van der Waals surface area contributed by atoms with Crippen LogP contribution in [0.4, 0.5) is 5.69 Å². The van der Waals surface area contributed by atoms with Gasteiger partial charge in [0.1, 0.15) is 9.84 Å². The van der Waals surface area contributed by atoms with Gasteiger partial charge in [-0.05, 0) is 36.8 Å². The van der Waals surface area contributed by atoms with Crippen LogP contribution in [0.15, 0.2) is 23.1 Å². The molecule has 1 rings (SSSR count). The van der Waals surface area contributed by atoms with Gasteiger partial charge in [-0.1, -0.05) is 6.07 Å². The Labute approximate surface area is 101 Å². The van der Waals surface area contributed by atoms with E-state index in [0.717, 1.165) is 21.9 Å². The van der Waals surface area contributed by atoms with E-state index < -0.39 is 9.84 Å². The Bertz CT molecular complexity index is 455. The smallest absolute Gasteiger partial charge is 0.147 e. The number of thioether (sulfide) groups is 1. The minimum Gasteiger partial charge on any atom is -0.398 e. The van der Waals surface area contributed by atoms with Gasteiger partial charge in [-0.2, -0.15) is 0 Å². The fraction of sp³-hybridized carbons (Fsp3) is 0.455. The SMILES string of the molecule is Cc1c(N)cccc1SCCCS(C)(=O)=O. The Balaban J connectivity index is 2.47. The molecule has 3 nitrogen and oxygen atoms in total. The van der Waals surface area contributed by atoms with Crippen molar-refractivity contribution in [3.8, 4) is 0 Å². The van der Waals surface area contributed by atoms with E-state index >= 15 is 0 Å². The molecule has 0 unspecified atom stereocenters. The summed E-state index contributed by atoms with van der Waals surface area (Å²) in [5.74, 6) is 1.05. The molecule has 0 aliphatic rings. The lowest BCUT2D eigenvalue weighted by Crippen LogP contribution is -2.03. The van der Waals surface area contributed by atoms with E-state index in [4.69, 9.17) is 5.73 Å². The fourth-order valence-corrected chi connectivity index (χ4v) is 3.16. The second-order valence-electron chi connectivity index (χ2n) is 3.80. The van der Waals surface area contributed by atoms with Crippen molar-refractivity contribution in [3.05, 3.63) is 23.8 Å². The highest BCUT2D eigenvalue weighted by Crippen LogP contribution is 2.26. The Morgan fingerprint density at radius 2 is 2.06 bits per heavy atom. The Morgan fingerprint density at radius 1 is 1.38 bits per heavy atom. The third-order valence-corrected chi connectivity index (χ3v) is 4.52. The normalized spacial score (nSPS) is 11.6. The third-order valence-electron chi connectivity index (χ3n) is 2.24. The first-order valence-electron chi connectivity index (χ1n) is 5.06. The monoisotopic (exact) mass is 259 g/mol. The molecule has 90 valence electrons. The average molecular weight is 259 g/mol. The molecule has 0 bridgehead atoms. The van der Waals surface area contributed by atoms with Crippen molar-refractivity contribution in [2.75, 3.05) is 23.5 Å². The molecule has 0 heterocycles. The topological polar surface area (TPSA) is 60.2 Å². The quantitative estimate of drug-likeness (QED) is 0.500. The van der Waals surface area contributed by atoms with Crippen LogP contribution in [0.2, 0.25) is 0 Å². The second kappa shape index (κ2) is 5.59. The minimum absolute atomic E-state index is 0.251. The molecule has 0 amide bonds. The molecule has 0 aromatic heterocycles. The summed E-state index contributed by atoms with van der Waals surface area (Å²) in [6.45, 7) is 1.98. The maximum atomic E-state index is 10.9. The third kappa shape index (κ3) is 4.45. The van der Waals surface area contributed by atoms with Crippen LogP contribution in [0.5, 0.6) is 0 Å². The van der Waals surface area contributed by atoms with Crippen molar-refractivity contribution in [2.45, 2.75) is 18.2 Å². The van der Waals surface area contributed by atoms with Crippen LogP contribution in [0.25, 0.3) is 0 Å². The van der Waals surface area contributed by atoms with Gasteiger partial charge in [-0.15, -0.1) is 11.8 Å². The lowest BCUT2D eigenvalue weighted by atomic mass is 10.2. The summed E-state index contributed by atoms with van der Waals surface area (Å²) in [5, 5.41) is 0. The largest absolute Gasteiger partial charge is 0.398 e. The zero-order chi connectivity index (χ0) is 12.2. The van der Waals surface area contributed by atoms with E-state index in [0.29, 0.717) is 6.42 Å². The van der Waals surface area contributed by atoms with Crippen LogP contribution in [-0.2, 0) is 9.84 Å². The molecule has 1 aromatic rings. The van der Waals surface area contributed by atoms with E-state index in [1.807, 2.05) is 25.1 Å². The van der Waals surface area contributed by atoms with Crippen molar-refractivity contribution < 1.29 is 8.42 Å². The van der Waals surface area contributed by atoms with Crippen molar-refractivity contribution >= 4 is 27.3 Å². The summed E-state index contributed by atoms with van der Waals surface area (Å²) in [5.41, 5.74) is 7.65.